The molecule has 0 saturated carbocycles. The van der Waals surface area contributed by atoms with Gasteiger partial charge in [0.2, 0.25) is 0 Å². The molecular formula is C60H35BN2O3. The van der Waals surface area contributed by atoms with Crippen LogP contribution in [-0.2, 0) is 0 Å². The molecule has 66 heavy (non-hydrogen) atoms. The molecule has 0 N–H and O–H groups in total. The van der Waals surface area contributed by atoms with E-state index < -0.39 is 0 Å². The molecule has 5 nitrogen and oxygen atoms in total. The van der Waals surface area contributed by atoms with Gasteiger partial charge in [-0.15, -0.1) is 0 Å². The van der Waals surface area contributed by atoms with Crippen LogP contribution in [0, 0.1) is 0 Å². The van der Waals surface area contributed by atoms with Gasteiger partial charge in [-0.2, -0.15) is 0 Å². The minimum Gasteiger partial charge on any atom is -0.457 e. The summed E-state index contributed by atoms with van der Waals surface area (Å²) in [6, 6.07) is 75.9. The number of hydrogen-bond donors (Lipinski definition) is 0. The van der Waals surface area contributed by atoms with E-state index in [1.807, 2.05) is 12.1 Å². The quantitative estimate of drug-likeness (QED) is 0.165. The van der Waals surface area contributed by atoms with Crippen molar-refractivity contribution in [3.05, 3.63) is 212 Å². The Balaban J connectivity index is 1.09. The van der Waals surface area contributed by atoms with Gasteiger partial charge < -0.3 is 23.1 Å². The Kier molecular flexibility index (Phi) is 7.24. The zero-order valence-electron chi connectivity index (χ0n) is 35.4. The van der Waals surface area contributed by atoms with Gasteiger partial charge in [-0.3, -0.25) is 0 Å². The largest absolute Gasteiger partial charge is 0.457 e. The topological polar surface area (TPSA) is 45.9 Å². The van der Waals surface area contributed by atoms with Crippen LogP contribution in [0.3, 0.4) is 0 Å². The molecule has 13 aromatic rings. The van der Waals surface area contributed by atoms with E-state index in [0.717, 1.165) is 128 Å². The smallest absolute Gasteiger partial charge is 0.257 e. The van der Waals surface area contributed by atoms with Crippen LogP contribution in [0.25, 0.3) is 88.1 Å². The molecule has 0 spiro atoms. The monoisotopic (exact) mass is 842 g/mol. The maximum atomic E-state index is 7.09. The maximum absolute atomic E-state index is 7.09. The third-order valence-electron chi connectivity index (χ3n) is 14.1. The lowest BCUT2D eigenvalue weighted by Gasteiger charge is -2.44. The molecule has 306 valence electrons. The number of furan rings is 3. The molecule has 2 aliphatic heterocycles. The van der Waals surface area contributed by atoms with Crippen LogP contribution in [0.15, 0.2) is 226 Å². The van der Waals surface area contributed by atoms with Crippen molar-refractivity contribution in [2.24, 2.45) is 0 Å². The predicted octanol–water partition coefficient (Wildman–Crippen LogP) is 14.8. The lowest BCUT2D eigenvalue weighted by Crippen LogP contribution is -2.61. The molecule has 0 aliphatic carbocycles. The average molecular weight is 843 g/mol. The van der Waals surface area contributed by atoms with Crippen molar-refractivity contribution < 1.29 is 13.3 Å². The van der Waals surface area contributed by atoms with Gasteiger partial charge in [0.1, 0.15) is 33.5 Å². The van der Waals surface area contributed by atoms with Crippen molar-refractivity contribution >= 4 is 123 Å². The van der Waals surface area contributed by atoms with Crippen LogP contribution in [0.5, 0.6) is 0 Å². The van der Waals surface area contributed by atoms with E-state index in [9.17, 15) is 0 Å². The van der Waals surface area contributed by atoms with E-state index in [4.69, 9.17) is 13.3 Å². The summed E-state index contributed by atoms with van der Waals surface area (Å²) < 4.78 is 20.3. The van der Waals surface area contributed by atoms with Crippen LogP contribution >= 0.6 is 0 Å². The Morgan fingerprint density at radius 2 is 0.742 bits per heavy atom. The molecular weight excluding hydrogens is 807 g/mol. The minimum atomic E-state index is -0.156. The van der Waals surface area contributed by atoms with E-state index in [-0.39, 0.29) is 6.71 Å². The zero-order valence-corrected chi connectivity index (χ0v) is 35.4. The first kappa shape index (κ1) is 35.7. The van der Waals surface area contributed by atoms with E-state index in [0.29, 0.717) is 0 Å². The molecule has 5 heterocycles. The predicted molar refractivity (Wildman–Crippen MR) is 273 cm³/mol. The van der Waals surface area contributed by atoms with Gasteiger partial charge in [0.05, 0.1) is 11.4 Å². The SMILES string of the molecule is c1ccc(-c2c(N3c4ccccc4B4c5c3cccc5N(c3ccc5oc6ccccc6c5c3-c3ccccc3)c3ccc5c(oc6ccccc65)c34)ccc3oc4ccccc4c23)cc1. The lowest BCUT2D eigenvalue weighted by molar-refractivity contribution is 0.668. The molecule has 3 aromatic heterocycles. The Hall–Kier alpha value is -8.74. The van der Waals surface area contributed by atoms with Crippen LogP contribution in [0.2, 0.25) is 0 Å². The lowest BCUT2D eigenvalue weighted by atomic mass is 9.33. The number of benzene rings is 10. The Morgan fingerprint density at radius 3 is 1.35 bits per heavy atom. The highest BCUT2D eigenvalue weighted by molar-refractivity contribution is 7.01. The second-order valence-electron chi connectivity index (χ2n) is 17.4. The van der Waals surface area contributed by atoms with Gasteiger partial charge in [-0.1, -0.05) is 140 Å². The summed E-state index contributed by atoms with van der Waals surface area (Å²) in [5, 5.41) is 6.58. The van der Waals surface area contributed by atoms with E-state index in [1.54, 1.807) is 0 Å². The number of nitrogens with zero attached hydrogens (tertiary/aromatic N) is 2. The Labute approximate surface area is 379 Å². The average Bonchev–Trinajstić information content (AvgIpc) is 4.08. The third kappa shape index (κ3) is 4.79. The van der Waals surface area contributed by atoms with Crippen LogP contribution < -0.4 is 26.2 Å². The number of para-hydroxylation sites is 4. The fourth-order valence-corrected chi connectivity index (χ4v) is 11.4. The van der Waals surface area contributed by atoms with Gasteiger partial charge in [-0.25, -0.2) is 0 Å². The molecule has 0 radical (unpaired) electrons. The van der Waals surface area contributed by atoms with Crippen LogP contribution in [0.1, 0.15) is 0 Å². The molecule has 0 unspecified atom stereocenters. The number of fused-ring (bicyclic) bond motifs is 14. The van der Waals surface area contributed by atoms with Gasteiger partial charge in [0, 0.05) is 66.2 Å². The van der Waals surface area contributed by atoms with Crippen LogP contribution in [-0.4, -0.2) is 6.71 Å². The molecule has 10 aromatic carbocycles. The summed E-state index contributed by atoms with van der Waals surface area (Å²) in [6.45, 7) is -0.156. The molecule has 2 aliphatic rings. The number of rotatable bonds is 4. The fourth-order valence-electron chi connectivity index (χ4n) is 11.4. The summed E-state index contributed by atoms with van der Waals surface area (Å²) in [4.78, 5) is 5.00. The highest BCUT2D eigenvalue weighted by atomic mass is 16.3. The molecule has 0 fully saturated rings. The van der Waals surface area contributed by atoms with Crippen LogP contribution in [0.4, 0.5) is 34.1 Å². The molecule has 0 amide bonds. The Morgan fingerprint density at radius 1 is 0.288 bits per heavy atom. The molecule has 0 saturated heterocycles. The summed E-state index contributed by atoms with van der Waals surface area (Å²) >= 11 is 0. The number of hydrogen-bond acceptors (Lipinski definition) is 5. The van der Waals surface area contributed by atoms with Crippen molar-refractivity contribution in [3.63, 3.8) is 0 Å². The molecule has 0 atom stereocenters. The number of anilines is 6. The molecule has 15 rings (SSSR count). The standard InChI is InChI=1S/C60H35BN2O3/c1-3-16-36(17-4-1)54-44(32-34-52-56(54)40-21-8-13-28-50(40)64-52)62-43-24-11-10-23-42(43)61-58-46(62)25-15-26-47(58)63(48-31-30-39-38-20-7-12-27-49(38)66-60(39)59(48)61)45-33-35-53-57(41-22-9-14-29-51(41)65-53)55(45)37-18-5-2-6-19-37/h1-35H. The van der Waals surface area contributed by atoms with Crippen molar-refractivity contribution in [3.8, 4) is 22.3 Å². The van der Waals surface area contributed by atoms with Gasteiger partial charge in [0.25, 0.3) is 6.71 Å². The highest BCUT2D eigenvalue weighted by Gasteiger charge is 2.46. The van der Waals surface area contributed by atoms with Crippen molar-refractivity contribution in [2.45, 2.75) is 0 Å². The first-order chi connectivity index (χ1) is 32.8. The highest BCUT2D eigenvalue weighted by Crippen LogP contribution is 2.52. The first-order valence-corrected chi connectivity index (χ1v) is 22.5. The molecule has 0 bridgehead atoms. The van der Waals surface area contributed by atoms with Crippen molar-refractivity contribution in [1.29, 1.82) is 0 Å². The first-order valence-electron chi connectivity index (χ1n) is 22.5. The summed E-state index contributed by atoms with van der Waals surface area (Å²) in [5.74, 6) is 0. The summed E-state index contributed by atoms with van der Waals surface area (Å²) in [5.41, 5.74) is 19.8. The second-order valence-corrected chi connectivity index (χ2v) is 17.4. The van der Waals surface area contributed by atoms with Crippen molar-refractivity contribution in [1.82, 2.24) is 0 Å². The van der Waals surface area contributed by atoms with Gasteiger partial charge >= 0.3 is 0 Å². The van der Waals surface area contributed by atoms with E-state index >= 15 is 0 Å². The van der Waals surface area contributed by atoms with Gasteiger partial charge in [-0.05, 0) is 100 Å². The van der Waals surface area contributed by atoms with E-state index in [1.165, 1.54) is 10.9 Å². The van der Waals surface area contributed by atoms with Gasteiger partial charge in [0.15, 0.2) is 0 Å². The normalized spacial score (nSPS) is 13.1. The summed E-state index contributed by atoms with van der Waals surface area (Å²) in [6.07, 6.45) is 0. The Bertz CT molecular complexity index is 4130. The van der Waals surface area contributed by atoms with E-state index in [2.05, 4.69) is 210 Å². The zero-order chi connectivity index (χ0) is 43.0. The minimum absolute atomic E-state index is 0.156. The fraction of sp³-hybridized carbons (Fsp3) is 0. The maximum Gasteiger partial charge on any atom is 0.257 e. The second kappa shape index (κ2) is 13.4. The summed E-state index contributed by atoms with van der Waals surface area (Å²) in [7, 11) is 0. The van der Waals surface area contributed by atoms with Crippen molar-refractivity contribution in [2.75, 3.05) is 9.80 Å². The molecule has 6 heteroatoms. The third-order valence-corrected chi connectivity index (χ3v) is 14.1.